The highest BCUT2D eigenvalue weighted by molar-refractivity contribution is 5.73. The summed E-state index contributed by atoms with van der Waals surface area (Å²) in [5.74, 6) is -1.76. The predicted octanol–water partition coefficient (Wildman–Crippen LogP) is 0.0957. The third-order valence-corrected chi connectivity index (χ3v) is 3.73. The fraction of sp³-hybridized carbons (Fsp3) is 0.533. The minimum Gasteiger partial charge on any atom is -0.392 e. The van der Waals surface area contributed by atoms with Crippen LogP contribution in [0.15, 0.2) is 18.2 Å². The Hall–Kier alpha value is -1.57. The van der Waals surface area contributed by atoms with Crippen molar-refractivity contribution in [3.8, 4) is 0 Å². The average molecular weight is 314 g/mol. The van der Waals surface area contributed by atoms with Gasteiger partial charge in [-0.25, -0.2) is 8.78 Å². The number of benzene rings is 1. The highest BCUT2D eigenvalue weighted by atomic mass is 19.1. The van der Waals surface area contributed by atoms with Crippen molar-refractivity contribution in [2.24, 2.45) is 0 Å². The molecule has 1 aromatic rings. The van der Waals surface area contributed by atoms with Crippen LogP contribution in [0.4, 0.5) is 8.78 Å². The number of hydrogen-bond donors (Lipinski definition) is 4. The van der Waals surface area contributed by atoms with Gasteiger partial charge in [-0.05, 0) is 30.5 Å². The number of carbonyl (C=O) groups is 1. The fourth-order valence-corrected chi connectivity index (χ4v) is 2.79. The number of aliphatic hydroxyl groups is 2. The van der Waals surface area contributed by atoms with Crippen molar-refractivity contribution in [1.29, 1.82) is 0 Å². The van der Waals surface area contributed by atoms with Crippen LogP contribution in [0.2, 0.25) is 0 Å². The Bertz CT molecular complexity index is 521. The van der Waals surface area contributed by atoms with E-state index >= 15 is 0 Å². The second-order valence-corrected chi connectivity index (χ2v) is 5.68. The largest absolute Gasteiger partial charge is 0.392 e. The van der Waals surface area contributed by atoms with Gasteiger partial charge in [-0.2, -0.15) is 0 Å². The molecule has 0 unspecified atom stereocenters. The van der Waals surface area contributed by atoms with Crippen LogP contribution in [0.25, 0.3) is 0 Å². The van der Waals surface area contributed by atoms with Crippen molar-refractivity contribution < 1.29 is 23.8 Å². The Labute approximate surface area is 127 Å². The standard InChI is InChI=1S/C15H20F2N2O3/c1-8(20)19-14(15(22)13-6-12(21)7-18-13)4-9-2-10(16)5-11(17)3-9/h2-3,5,12-15,18,21-22H,4,6-7H2,1H3,(H,19,20)/t12-,13-,14+,15-/m1/s1. The molecule has 1 heterocycles. The van der Waals surface area contributed by atoms with E-state index in [1.165, 1.54) is 19.1 Å². The third kappa shape index (κ3) is 4.46. The lowest BCUT2D eigenvalue weighted by molar-refractivity contribution is -0.120. The first-order valence-corrected chi connectivity index (χ1v) is 7.16. The number of rotatable bonds is 5. The van der Waals surface area contributed by atoms with Gasteiger partial charge < -0.3 is 20.8 Å². The maximum atomic E-state index is 13.3. The lowest BCUT2D eigenvalue weighted by Gasteiger charge is -2.28. The van der Waals surface area contributed by atoms with E-state index in [-0.39, 0.29) is 18.4 Å². The van der Waals surface area contributed by atoms with Gasteiger partial charge in [0.1, 0.15) is 11.6 Å². The quantitative estimate of drug-likeness (QED) is 0.621. The fourth-order valence-electron chi connectivity index (χ4n) is 2.79. The Morgan fingerprint density at radius 3 is 2.55 bits per heavy atom. The number of amides is 1. The Kier molecular flexibility index (Phi) is 5.44. The zero-order valence-electron chi connectivity index (χ0n) is 12.2. The van der Waals surface area contributed by atoms with E-state index < -0.39 is 29.9 Å². The molecule has 0 aromatic heterocycles. The molecule has 1 fully saturated rings. The Balaban J connectivity index is 2.13. The summed E-state index contributed by atoms with van der Waals surface area (Å²) in [6, 6.07) is 2.01. The summed E-state index contributed by atoms with van der Waals surface area (Å²) < 4.78 is 26.5. The average Bonchev–Trinajstić information content (AvgIpc) is 2.82. The van der Waals surface area contributed by atoms with Crippen LogP contribution in [0.3, 0.4) is 0 Å². The van der Waals surface area contributed by atoms with Crippen LogP contribution in [0.5, 0.6) is 0 Å². The zero-order valence-corrected chi connectivity index (χ0v) is 12.2. The molecule has 1 aromatic carbocycles. The summed E-state index contributed by atoms with van der Waals surface area (Å²) in [4.78, 5) is 11.3. The van der Waals surface area contributed by atoms with Gasteiger partial charge in [0.2, 0.25) is 5.91 Å². The van der Waals surface area contributed by atoms with Gasteiger partial charge in [0, 0.05) is 25.6 Å². The van der Waals surface area contributed by atoms with Gasteiger partial charge in [-0.1, -0.05) is 0 Å². The molecule has 1 amide bonds. The number of carbonyl (C=O) groups excluding carboxylic acids is 1. The third-order valence-electron chi connectivity index (χ3n) is 3.73. The molecule has 5 nitrogen and oxygen atoms in total. The molecular weight excluding hydrogens is 294 g/mol. The Morgan fingerprint density at radius 2 is 2.05 bits per heavy atom. The van der Waals surface area contributed by atoms with Gasteiger partial charge in [0.05, 0.1) is 18.2 Å². The summed E-state index contributed by atoms with van der Waals surface area (Å²) in [5, 5.41) is 25.5. The number of nitrogens with one attached hydrogen (secondary N) is 2. The molecule has 2 rings (SSSR count). The van der Waals surface area contributed by atoms with Crippen LogP contribution in [0.1, 0.15) is 18.9 Å². The normalized spacial score (nSPS) is 24.0. The first kappa shape index (κ1) is 16.8. The summed E-state index contributed by atoms with van der Waals surface area (Å²) in [6.07, 6.45) is -1.09. The van der Waals surface area contributed by atoms with Crippen molar-refractivity contribution in [2.45, 2.75) is 44.1 Å². The van der Waals surface area contributed by atoms with E-state index in [9.17, 15) is 23.8 Å². The molecule has 0 aliphatic carbocycles. The molecular formula is C15H20F2N2O3. The van der Waals surface area contributed by atoms with Gasteiger partial charge in [-0.3, -0.25) is 4.79 Å². The van der Waals surface area contributed by atoms with Crippen LogP contribution < -0.4 is 10.6 Å². The second kappa shape index (κ2) is 7.13. The lowest BCUT2D eigenvalue weighted by atomic mass is 9.95. The first-order valence-electron chi connectivity index (χ1n) is 7.16. The Morgan fingerprint density at radius 1 is 1.41 bits per heavy atom. The zero-order chi connectivity index (χ0) is 16.3. The second-order valence-electron chi connectivity index (χ2n) is 5.68. The molecule has 22 heavy (non-hydrogen) atoms. The van der Waals surface area contributed by atoms with Gasteiger partial charge in [-0.15, -0.1) is 0 Å². The SMILES string of the molecule is CC(=O)N[C@@H](Cc1cc(F)cc(F)c1)[C@H](O)[C@H]1C[C@@H](O)CN1. The van der Waals surface area contributed by atoms with Gasteiger partial charge in [0.15, 0.2) is 0 Å². The molecule has 0 saturated carbocycles. The molecule has 0 bridgehead atoms. The predicted molar refractivity (Wildman–Crippen MR) is 76.1 cm³/mol. The van der Waals surface area contributed by atoms with E-state index in [2.05, 4.69) is 10.6 Å². The molecule has 4 atom stereocenters. The van der Waals surface area contributed by atoms with Crippen LogP contribution in [-0.4, -0.2) is 47.0 Å². The summed E-state index contributed by atoms with van der Waals surface area (Å²) >= 11 is 0. The maximum absolute atomic E-state index is 13.3. The molecule has 1 saturated heterocycles. The van der Waals surface area contributed by atoms with Crippen molar-refractivity contribution in [3.05, 3.63) is 35.4 Å². The van der Waals surface area contributed by atoms with Crippen LogP contribution >= 0.6 is 0 Å². The van der Waals surface area contributed by atoms with Crippen molar-refractivity contribution in [2.75, 3.05) is 6.54 Å². The minimum atomic E-state index is -0.979. The molecule has 7 heteroatoms. The number of hydrogen-bond acceptors (Lipinski definition) is 4. The lowest BCUT2D eigenvalue weighted by Crippen LogP contribution is -2.51. The van der Waals surface area contributed by atoms with Gasteiger partial charge >= 0.3 is 0 Å². The first-order chi connectivity index (χ1) is 10.3. The molecule has 1 aliphatic heterocycles. The maximum Gasteiger partial charge on any atom is 0.217 e. The van der Waals surface area contributed by atoms with Crippen molar-refractivity contribution in [1.82, 2.24) is 10.6 Å². The van der Waals surface area contributed by atoms with Crippen molar-refractivity contribution >= 4 is 5.91 Å². The van der Waals surface area contributed by atoms with E-state index in [1.807, 2.05) is 0 Å². The van der Waals surface area contributed by atoms with E-state index in [0.717, 1.165) is 6.07 Å². The highest BCUT2D eigenvalue weighted by Crippen LogP contribution is 2.17. The van der Waals surface area contributed by atoms with E-state index in [1.54, 1.807) is 0 Å². The number of aliphatic hydroxyl groups excluding tert-OH is 2. The smallest absolute Gasteiger partial charge is 0.217 e. The molecule has 4 N–H and O–H groups in total. The minimum absolute atomic E-state index is 0.0870. The molecule has 0 spiro atoms. The molecule has 122 valence electrons. The molecule has 1 aliphatic rings. The molecule has 0 radical (unpaired) electrons. The van der Waals surface area contributed by atoms with Crippen LogP contribution in [-0.2, 0) is 11.2 Å². The monoisotopic (exact) mass is 314 g/mol. The van der Waals surface area contributed by atoms with Crippen molar-refractivity contribution in [3.63, 3.8) is 0 Å². The summed E-state index contributed by atoms with van der Waals surface area (Å²) in [7, 11) is 0. The summed E-state index contributed by atoms with van der Waals surface area (Å²) in [5.41, 5.74) is 0.342. The van der Waals surface area contributed by atoms with Gasteiger partial charge in [0.25, 0.3) is 0 Å². The van der Waals surface area contributed by atoms with E-state index in [4.69, 9.17) is 0 Å². The summed E-state index contributed by atoms with van der Waals surface area (Å²) in [6.45, 7) is 1.67. The highest BCUT2D eigenvalue weighted by Gasteiger charge is 2.33. The van der Waals surface area contributed by atoms with Crippen LogP contribution in [0, 0.1) is 11.6 Å². The number of halogens is 2. The topological polar surface area (TPSA) is 81.6 Å². The van der Waals surface area contributed by atoms with E-state index in [0.29, 0.717) is 18.5 Å². The number of β-amino-alcohol motifs (C(OH)–C–C–N with tert-alkyl or cyclic N) is 1.